The van der Waals surface area contributed by atoms with Crippen molar-refractivity contribution in [2.45, 2.75) is 57.7 Å². The summed E-state index contributed by atoms with van der Waals surface area (Å²) in [6, 6.07) is 9.26. The molecule has 11 heteroatoms. The molecule has 1 aliphatic rings. The van der Waals surface area contributed by atoms with Crippen LogP contribution in [-0.4, -0.2) is 57.1 Å². The predicted molar refractivity (Wildman–Crippen MR) is 142 cm³/mol. The molecule has 1 N–H and O–H groups in total. The van der Waals surface area contributed by atoms with E-state index in [2.05, 4.69) is 5.32 Å². The Hall–Kier alpha value is -2.85. The molecule has 3 rings (SSSR count). The quantitative estimate of drug-likeness (QED) is 0.451. The van der Waals surface area contributed by atoms with Crippen LogP contribution in [0, 0.1) is 5.82 Å². The zero-order chi connectivity index (χ0) is 27.2. The number of ether oxygens (including phenoxy) is 1. The van der Waals surface area contributed by atoms with Gasteiger partial charge in [0.2, 0.25) is 21.8 Å². The van der Waals surface area contributed by atoms with Gasteiger partial charge < -0.3 is 15.0 Å². The first-order valence-corrected chi connectivity index (χ1v) is 14.4. The fourth-order valence-electron chi connectivity index (χ4n) is 4.50. The molecule has 2 aromatic carbocycles. The van der Waals surface area contributed by atoms with Crippen LogP contribution >= 0.6 is 11.6 Å². The number of hydrogen-bond donors (Lipinski definition) is 1. The van der Waals surface area contributed by atoms with Crippen LogP contribution in [0.2, 0.25) is 5.02 Å². The van der Waals surface area contributed by atoms with Crippen molar-refractivity contribution in [2.75, 3.05) is 24.2 Å². The summed E-state index contributed by atoms with van der Waals surface area (Å²) < 4.78 is 45.0. The van der Waals surface area contributed by atoms with E-state index in [-0.39, 0.29) is 29.2 Å². The van der Waals surface area contributed by atoms with Crippen LogP contribution in [0.5, 0.6) is 5.75 Å². The minimum Gasteiger partial charge on any atom is -0.495 e. The summed E-state index contributed by atoms with van der Waals surface area (Å²) in [5.41, 5.74) is 0.798. The highest BCUT2D eigenvalue weighted by atomic mass is 35.5. The minimum atomic E-state index is -3.90. The Balaban J connectivity index is 1.93. The van der Waals surface area contributed by atoms with Gasteiger partial charge in [-0.05, 0) is 55.2 Å². The van der Waals surface area contributed by atoms with E-state index in [4.69, 9.17) is 16.3 Å². The average Bonchev–Trinajstić information content (AvgIpc) is 3.35. The third kappa shape index (κ3) is 7.58. The van der Waals surface area contributed by atoms with Gasteiger partial charge in [-0.15, -0.1) is 0 Å². The van der Waals surface area contributed by atoms with Gasteiger partial charge in [-0.3, -0.25) is 13.9 Å². The van der Waals surface area contributed by atoms with Crippen molar-refractivity contribution in [1.82, 2.24) is 10.2 Å². The topological polar surface area (TPSA) is 96.0 Å². The Bertz CT molecular complexity index is 1200. The molecule has 37 heavy (non-hydrogen) atoms. The van der Waals surface area contributed by atoms with Gasteiger partial charge in [-0.2, -0.15) is 0 Å². The molecule has 202 valence electrons. The van der Waals surface area contributed by atoms with Crippen molar-refractivity contribution >= 4 is 39.1 Å². The molecule has 1 unspecified atom stereocenters. The van der Waals surface area contributed by atoms with Gasteiger partial charge in [0.15, 0.2) is 0 Å². The van der Waals surface area contributed by atoms with Crippen LogP contribution in [0.4, 0.5) is 10.1 Å². The molecule has 0 aromatic heterocycles. The van der Waals surface area contributed by atoms with Crippen molar-refractivity contribution in [3.05, 3.63) is 58.9 Å². The predicted octanol–water partition coefficient (Wildman–Crippen LogP) is 4.12. The molecule has 0 radical (unpaired) electrons. The van der Waals surface area contributed by atoms with Gasteiger partial charge in [0, 0.05) is 12.6 Å². The highest BCUT2D eigenvalue weighted by molar-refractivity contribution is 7.92. The lowest BCUT2D eigenvalue weighted by atomic mass is 10.1. The fourth-order valence-corrected chi connectivity index (χ4v) is 5.59. The van der Waals surface area contributed by atoms with Gasteiger partial charge in [-0.25, -0.2) is 12.8 Å². The molecule has 1 saturated carbocycles. The van der Waals surface area contributed by atoms with E-state index in [0.29, 0.717) is 17.7 Å². The van der Waals surface area contributed by atoms with Gasteiger partial charge in [0.1, 0.15) is 24.2 Å². The van der Waals surface area contributed by atoms with E-state index in [1.54, 1.807) is 6.92 Å². The monoisotopic (exact) mass is 553 g/mol. The standard InChI is InChI=1S/C26H33ClFN3O5S/c1-4-23(26(33)29-20-7-5-6-8-20)30(16-18-9-11-19(28)12-10-18)25(32)17-31(37(3,34)35)21-13-14-24(36-2)22(27)15-21/h9-15,20,23H,4-8,16-17H2,1-3H3,(H,29,33). The molecule has 1 atom stereocenters. The van der Waals surface area contributed by atoms with Crippen LogP contribution in [0.3, 0.4) is 0 Å². The maximum absolute atomic E-state index is 13.7. The van der Waals surface area contributed by atoms with Crippen LogP contribution in [0.15, 0.2) is 42.5 Å². The number of carbonyl (C=O) groups excluding carboxylic acids is 2. The molecule has 0 heterocycles. The number of hydrogen-bond acceptors (Lipinski definition) is 5. The normalized spacial score (nSPS) is 14.7. The first kappa shape index (κ1) is 28.7. The largest absolute Gasteiger partial charge is 0.495 e. The van der Waals surface area contributed by atoms with Gasteiger partial charge >= 0.3 is 0 Å². The lowest BCUT2D eigenvalue weighted by molar-refractivity contribution is -0.140. The van der Waals surface area contributed by atoms with E-state index >= 15 is 0 Å². The van der Waals surface area contributed by atoms with E-state index in [1.807, 2.05) is 0 Å². The van der Waals surface area contributed by atoms with Gasteiger partial charge in [0.05, 0.1) is 24.1 Å². The second kappa shape index (κ2) is 12.6. The van der Waals surface area contributed by atoms with E-state index in [9.17, 15) is 22.4 Å². The number of nitrogens with one attached hydrogen (secondary N) is 1. The molecule has 0 saturated heterocycles. The fraction of sp³-hybridized carbons (Fsp3) is 0.462. The Kier molecular flexibility index (Phi) is 9.78. The highest BCUT2D eigenvalue weighted by Gasteiger charge is 2.33. The Morgan fingerprint density at radius 1 is 1.16 bits per heavy atom. The average molecular weight is 554 g/mol. The van der Waals surface area contributed by atoms with Crippen LogP contribution < -0.4 is 14.4 Å². The number of halogens is 2. The summed E-state index contributed by atoms with van der Waals surface area (Å²) in [7, 11) is -2.46. The molecule has 0 aliphatic heterocycles. The summed E-state index contributed by atoms with van der Waals surface area (Å²) in [5, 5.41) is 3.23. The second-order valence-corrected chi connectivity index (χ2v) is 11.5. The number of rotatable bonds is 11. The van der Waals surface area contributed by atoms with Crippen molar-refractivity contribution in [3.8, 4) is 5.75 Å². The number of methoxy groups -OCH3 is 1. The third-order valence-electron chi connectivity index (χ3n) is 6.46. The third-order valence-corrected chi connectivity index (χ3v) is 7.89. The zero-order valence-corrected chi connectivity index (χ0v) is 22.8. The van der Waals surface area contributed by atoms with Crippen LogP contribution in [0.25, 0.3) is 0 Å². The SMILES string of the molecule is CCC(C(=O)NC1CCCC1)N(Cc1ccc(F)cc1)C(=O)CN(c1ccc(OC)c(Cl)c1)S(C)(=O)=O. The molecule has 0 bridgehead atoms. The lowest BCUT2D eigenvalue weighted by Crippen LogP contribution is -2.53. The molecule has 2 aromatic rings. The van der Waals surface area contributed by atoms with E-state index in [0.717, 1.165) is 36.2 Å². The molecule has 2 amide bonds. The first-order chi connectivity index (χ1) is 17.5. The van der Waals surface area contributed by atoms with Gasteiger partial charge in [0.25, 0.3) is 0 Å². The molecule has 8 nitrogen and oxygen atoms in total. The zero-order valence-electron chi connectivity index (χ0n) is 21.2. The Morgan fingerprint density at radius 2 is 1.81 bits per heavy atom. The molecular formula is C26H33ClFN3O5S. The first-order valence-electron chi connectivity index (χ1n) is 12.2. The molecule has 1 aliphatic carbocycles. The van der Waals surface area contributed by atoms with Crippen molar-refractivity contribution in [2.24, 2.45) is 0 Å². The number of nitrogens with zero attached hydrogens (tertiary/aromatic N) is 2. The summed E-state index contributed by atoms with van der Waals surface area (Å²) in [6.45, 7) is 1.26. The molecular weight excluding hydrogens is 521 g/mol. The number of sulfonamides is 1. The molecule has 1 fully saturated rings. The van der Waals surface area contributed by atoms with Crippen LogP contribution in [0.1, 0.15) is 44.6 Å². The maximum atomic E-state index is 13.7. The molecule has 0 spiro atoms. The highest BCUT2D eigenvalue weighted by Crippen LogP contribution is 2.30. The Morgan fingerprint density at radius 3 is 2.35 bits per heavy atom. The summed E-state index contributed by atoms with van der Waals surface area (Å²) in [6.07, 6.45) is 5.15. The van der Waals surface area contributed by atoms with Gasteiger partial charge in [-0.1, -0.05) is 43.5 Å². The smallest absolute Gasteiger partial charge is 0.244 e. The number of benzene rings is 2. The minimum absolute atomic E-state index is 0.0106. The second-order valence-electron chi connectivity index (χ2n) is 9.15. The van der Waals surface area contributed by atoms with Crippen molar-refractivity contribution in [1.29, 1.82) is 0 Å². The number of anilines is 1. The van der Waals surface area contributed by atoms with Crippen molar-refractivity contribution < 1.29 is 27.1 Å². The van der Waals surface area contributed by atoms with E-state index in [1.165, 1.54) is 54.5 Å². The van der Waals surface area contributed by atoms with E-state index < -0.39 is 34.3 Å². The summed E-state index contributed by atoms with van der Waals surface area (Å²) in [4.78, 5) is 28.3. The Labute approximate surface area is 222 Å². The number of amides is 2. The van der Waals surface area contributed by atoms with Crippen molar-refractivity contribution in [3.63, 3.8) is 0 Å². The summed E-state index contributed by atoms with van der Waals surface area (Å²) in [5.74, 6) is -0.927. The maximum Gasteiger partial charge on any atom is 0.244 e. The number of carbonyl (C=O) groups is 2. The van der Waals surface area contributed by atoms with Crippen LogP contribution in [-0.2, 0) is 26.2 Å². The lowest BCUT2D eigenvalue weighted by Gasteiger charge is -2.33. The summed E-state index contributed by atoms with van der Waals surface area (Å²) >= 11 is 6.21.